The van der Waals surface area contributed by atoms with E-state index in [1.807, 2.05) is 36.2 Å². The molecule has 0 fully saturated rings. The van der Waals surface area contributed by atoms with Crippen LogP contribution in [0.3, 0.4) is 0 Å². The zero-order valence-corrected chi connectivity index (χ0v) is 15.8. The molecule has 0 heterocycles. The molecule has 0 aliphatic rings. The second-order valence-electron chi connectivity index (χ2n) is 5.91. The lowest BCUT2D eigenvalue weighted by atomic mass is 10.1. The minimum atomic E-state index is -2.82. The van der Waals surface area contributed by atoms with Gasteiger partial charge in [0, 0.05) is 27.2 Å². The molecular formula is C20H25F2N3O2. The number of nitrogens with zero attached hydrogens (tertiary/aromatic N) is 2. The number of benzene rings is 2. The fraction of sp³-hybridized carbons (Fsp3) is 0.350. The summed E-state index contributed by atoms with van der Waals surface area (Å²) in [6, 6.07) is 14.5. The summed E-state index contributed by atoms with van der Waals surface area (Å²) in [5, 5.41) is 3.32. The van der Waals surface area contributed by atoms with Gasteiger partial charge in [-0.3, -0.25) is 4.99 Å². The number of halogens is 2. The highest BCUT2D eigenvalue weighted by Gasteiger charge is 2.09. The van der Waals surface area contributed by atoms with Crippen molar-refractivity contribution in [2.45, 2.75) is 19.6 Å². The molecule has 7 heteroatoms. The van der Waals surface area contributed by atoms with Crippen molar-refractivity contribution in [3.8, 4) is 11.5 Å². The van der Waals surface area contributed by atoms with E-state index >= 15 is 0 Å². The summed E-state index contributed by atoms with van der Waals surface area (Å²) >= 11 is 0. The van der Waals surface area contributed by atoms with Gasteiger partial charge in [0.25, 0.3) is 0 Å². The third-order valence-corrected chi connectivity index (χ3v) is 4.01. The Morgan fingerprint density at radius 1 is 1.15 bits per heavy atom. The van der Waals surface area contributed by atoms with Gasteiger partial charge < -0.3 is 19.7 Å². The Morgan fingerprint density at radius 3 is 2.48 bits per heavy atom. The molecule has 0 aromatic heterocycles. The Hall–Kier alpha value is -2.83. The van der Waals surface area contributed by atoms with Crippen LogP contribution < -0.4 is 14.8 Å². The molecule has 0 spiro atoms. The summed E-state index contributed by atoms with van der Waals surface area (Å²) in [5.41, 5.74) is 2.09. The van der Waals surface area contributed by atoms with Crippen LogP contribution in [0.5, 0.6) is 11.5 Å². The van der Waals surface area contributed by atoms with E-state index in [0.29, 0.717) is 13.1 Å². The second-order valence-corrected chi connectivity index (χ2v) is 5.91. The van der Waals surface area contributed by atoms with E-state index in [1.165, 1.54) is 12.1 Å². The van der Waals surface area contributed by atoms with Crippen LogP contribution in [0, 0.1) is 0 Å². The number of methoxy groups -OCH3 is 1. The fourth-order valence-corrected chi connectivity index (χ4v) is 2.73. The van der Waals surface area contributed by atoms with Crippen molar-refractivity contribution in [2.75, 3.05) is 27.7 Å². The summed E-state index contributed by atoms with van der Waals surface area (Å²) in [6.45, 7) is -1.52. The van der Waals surface area contributed by atoms with E-state index in [4.69, 9.17) is 4.74 Å². The van der Waals surface area contributed by atoms with Crippen molar-refractivity contribution < 1.29 is 18.3 Å². The van der Waals surface area contributed by atoms with Crippen LogP contribution in [0.1, 0.15) is 11.1 Å². The van der Waals surface area contributed by atoms with Gasteiger partial charge in [-0.2, -0.15) is 8.78 Å². The number of hydrogen-bond acceptors (Lipinski definition) is 3. The standard InChI is InChI=1S/C20H25F2N3O2/c1-23-20(24-13-12-16-6-4-5-7-18(16)26-3)25(2)14-15-8-10-17(11-9-15)27-19(21)22/h4-11,19H,12-14H2,1-3H3,(H,23,24). The van der Waals surface area contributed by atoms with Gasteiger partial charge in [0.15, 0.2) is 5.96 Å². The summed E-state index contributed by atoms with van der Waals surface area (Å²) < 4.78 is 34.1. The maximum atomic E-state index is 12.2. The van der Waals surface area contributed by atoms with Gasteiger partial charge in [0.05, 0.1) is 7.11 Å². The van der Waals surface area contributed by atoms with Crippen LogP contribution in [0.25, 0.3) is 0 Å². The lowest BCUT2D eigenvalue weighted by molar-refractivity contribution is -0.0498. The molecule has 0 aliphatic carbocycles. The molecule has 27 heavy (non-hydrogen) atoms. The van der Waals surface area contributed by atoms with Crippen LogP contribution >= 0.6 is 0 Å². The van der Waals surface area contributed by atoms with Gasteiger partial charge in [-0.05, 0) is 35.7 Å². The molecule has 0 amide bonds. The predicted octanol–water partition coefficient (Wildman–Crippen LogP) is 3.55. The Morgan fingerprint density at radius 2 is 1.85 bits per heavy atom. The summed E-state index contributed by atoms with van der Waals surface area (Å²) in [4.78, 5) is 6.25. The minimum absolute atomic E-state index is 0.149. The van der Waals surface area contributed by atoms with Gasteiger partial charge in [-0.1, -0.05) is 30.3 Å². The molecule has 0 saturated carbocycles. The van der Waals surface area contributed by atoms with E-state index in [9.17, 15) is 8.78 Å². The number of nitrogens with one attached hydrogen (secondary N) is 1. The molecule has 1 N–H and O–H groups in total. The van der Waals surface area contributed by atoms with Crippen LogP contribution in [0.4, 0.5) is 8.78 Å². The average molecular weight is 377 g/mol. The normalized spacial score (nSPS) is 11.4. The molecule has 2 aromatic carbocycles. The molecule has 2 aromatic rings. The van der Waals surface area contributed by atoms with Crippen LogP contribution in [0.2, 0.25) is 0 Å². The number of aliphatic imine (C=N–C) groups is 1. The topological polar surface area (TPSA) is 46.1 Å². The summed E-state index contributed by atoms with van der Waals surface area (Å²) in [5.74, 6) is 1.77. The molecule has 0 aliphatic heterocycles. The molecule has 0 unspecified atom stereocenters. The molecule has 0 atom stereocenters. The van der Waals surface area contributed by atoms with E-state index in [2.05, 4.69) is 15.0 Å². The molecular weight excluding hydrogens is 352 g/mol. The fourth-order valence-electron chi connectivity index (χ4n) is 2.73. The SMILES string of the molecule is CN=C(NCCc1ccccc1OC)N(C)Cc1ccc(OC(F)F)cc1. The van der Waals surface area contributed by atoms with E-state index in [-0.39, 0.29) is 5.75 Å². The van der Waals surface area contributed by atoms with Crippen LogP contribution in [-0.2, 0) is 13.0 Å². The Bertz CT molecular complexity index is 736. The van der Waals surface area contributed by atoms with Crippen LogP contribution in [0.15, 0.2) is 53.5 Å². The average Bonchev–Trinajstić information content (AvgIpc) is 2.66. The third kappa shape index (κ3) is 6.44. The van der Waals surface area contributed by atoms with Gasteiger partial charge >= 0.3 is 6.61 Å². The second kappa shape index (κ2) is 10.4. The summed E-state index contributed by atoms with van der Waals surface area (Å²) in [6.07, 6.45) is 0.802. The number of ether oxygens (including phenoxy) is 2. The predicted molar refractivity (Wildman–Crippen MR) is 103 cm³/mol. The van der Waals surface area contributed by atoms with Crippen molar-refractivity contribution >= 4 is 5.96 Å². The van der Waals surface area contributed by atoms with E-state index in [0.717, 1.165) is 29.3 Å². The zero-order chi connectivity index (χ0) is 19.6. The maximum absolute atomic E-state index is 12.2. The summed E-state index contributed by atoms with van der Waals surface area (Å²) in [7, 11) is 5.31. The number of guanidine groups is 1. The highest BCUT2D eigenvalue weighted by molar-refractivity contribution is 5.79. The van der Waals surface area contributed by atoms with Gasteiger partial charge in [0.2, 0.25) is 0 Å². The highest BCUT2D eigenvalue weighted by Crippen LogP contribution is 2.17. The number of hydrogen-bond donors (Lipinski definition) is 1. The van der Waals surface area contributed by atoms with E-state index < -0.39 is 6.61 Å². The van der Waals surface area contributed by atoms with Gasteiger partial charge in [0.1, 0.15) is 11.5 Å². The van der Waals surface area contributed by atoms with Crippen molar-refractivity contribution in [3.05, 3.63) is 59.7 Å². The minimum Gasteiger partial charge on any atom is -0.496 e. The largest absolute Gasteiger partial charge is 0.496 e. The first-order valence-electron chi connectivity index (χ1n) is 8.61. The van der Waals surface area contributed by atoms with Crippen molar-refractivity contribution in [1.29, 1.82) is 0 Å². The van der Waals surface area contributed by atoms with E-state index in [1.54, 1.807) is 26.3 Å². The molecule has 0 saturated heterocycles. The lowest BCUT2D eigenvalue weighted by Gasteiger charge is -2.22. The lowest BCUT2D eigenvalue weighted by Crippen LogP contribution is -2.39. The monoisotopic (exact) mass is 377 g/mol. The van der Waals surface area contributed by atoms with Gasteiger partial charge in [-0.15, -0.1) is 0 Å². The first-order chi connectivity index (χ1) is 13.0. The third-order valence-electron chi connectivity index (χ3n) is 4.01. The molecule has 2 rings (SSSR count). The maximum Gasteiger partial charge on any atom is 0.387 e. The smallest absolute Gasteiger partial charge is 0.387 e. The quantitative estimate of drug-likeness (QED) is 0.565. The number of para-hydroxylation sites is 1. The highest BCUT2D eigenvalue weighted by atomic mass is 19.3. The first kappa shape index (κ1) is 20.5. The zero-order valence-electron chi connectivity index (χ0n) is 15.8. The van der Waals surface area contributed by atoms with Gasteiger partial charge in [-0.25, -0.2) is 0 Å². The first-order valence-corrected chi connectivity index (χ1v) is 8.61. The molecule has 0 radical (unpaired) electrons. The van der Waals surface area contributed by atoms with Crippen molar-refractivity contribution in [2.24, 2.45) is 4.99 Å². The van der Waals surface area contributed by atoms with Crippen molar-refractivity contribution in [1.82, 2.24) is 10.2 Å². The Labute approximate surface area is 158 Å². The number of rotatable bonds is 8. The Balaban J connectivity index is 1.87. The Kier molecular flexibility index (Phi) is 7.85. The van der Waals surface area contributed by atoms with Crippen molar-refractivity contribution in [3.63, 3.8) is 0 Å². The molecule has 5 nitrogen and oxygen atoms in total. The van der Waals surface area contributed by atoms with Crippen LogP contribution in [-0.4, -0.2) is 45.2 Å². The molecule has 0 bridgehead atoms. The molecule has 146 valence electrons. The number of alkyl halides is 2.